The van der Waals surface area contributed by atoms with Crippen molar-refractivity contribution in [1.29, 1.82) is 0 Å². The lowest BCUT2D eigenvalue weighted by molar-refractivity contribution is -0.121. The van der Waals surface area contributed by atoms with Gasteiger partial charge in [0.25, 0.3) is 0 Å². The molecule has 1 heterocycles. The second kappa shape index (κ2) is 10.8. The maximum absolute atomic E-state index is 12.4. The number of sulfonamides is 1. The van der Waals surface area contributed by atoms with E-state index in [4.69, 9.17) is 14.2 Å². The molecule has 8 nitrogen and oxygen atoms in total. The Morgan fingerprint density at radius 3 is 2.52 bits per heavy atom. The molecule has 0 saturated carbocycles. The third-order valence-corrected chi connectivity index (χ3v) is 6.56. The third kappa shape index (κ3) is 7.02. The molecule has 1 aliphatic rings. The Bertz CT molecular complexity index is 1090. The molecular weight excluding hydrogens is 444 g/mol. The summed E-state index contributed by atoms with van der Waals surface area (Å²) in [4.78, 5) is 12.4. The predicted octanol–water partition coefficient (Wildman–Crippen LogP) is 3.20. The summed E-state index contributed by atoms with van der Waals surface area (Å²) >= 11 is 0. The summed E-state index contributed by atoms with van der Waals surface area (Å²) < 4.78 is 42.8. The van der Waals surface area contributed by atoms with Crippen LogP contribution in [0, 0.1) is 13.8 Å². The van der Waals surface area contributed by atoms with Gasteiger partial charge >= 0.3 is 0 Å². The first-order valence-electron chi connectivity index (χ1n) is 11.0. The van der Waals surface area contributed by atoms with Gasteiger partial charge in [0.05, 0.1) is 18.0 Å². The predicted molar refractivity (Wildman–Crippen MR) is 128 cm³/mol. The lowest BCUT2D eigenvalue weighted by Gasteiger charge is -2.25. The van der Waals surface area contributed by atoms with E-state index in [1.807, 2.05) is 39.0 Å². The smallest absolute Gasteiger partial charge is 0.232 e. The lowest BCUT2D eigenvalue weighted by Crippen LogP contribution is -2.37. The van der Waals surface area contributed by atoms with Crippen molar-refractivity contribution in [1.82, 2.24) is 5.32 Å². The minimum absolute atomic E-state index is 0.151. The summed E-state index contributed by atoms with van der Waals surface area (Å²) in [5.41, 5.74) is 2.83. The first kappa shape index (κ1) is 24.7. The molecule has 0 radical (unpaired) electrons. The first-order valence-corrected chi connectivity index (χ1v) is 12.8. The van der Waals surface area contributed by atoms with Gasteiger partial charge in [-0.2, -0.15) is 0 Å². The molecule has 3 rings (SSSR count). The zero-order chi connectivity index (χ0) is 24.0. The highest BCUT2D eigenvalue weighted by Crippen LogP contribution is 2.34. The summed E-state index contributed by atoms with van der Waals surface area (Å²) in [6.07, 6.45) is 1.72. The van der Waals surface area contributed by atoms with Gasteiger partial charge in [-0.15, -0.1) is 0 Å². The summed E-state index contributed by atoms with van der Waals surface area (Å²) in [7, 11) is -3.53. The first-order chi connectivity index (χ1) is 15.6. The van der Waals surface area contributed by atoms with E-state index in [1.165, 1.54) is 9.87 Å². The largest absolute Gasteiger partial charge is 0.491 e. The number of carbonyl (C=O) groups is 1. The standard InChI is InChI=1S/C24H32N2O6S/c1-17-7-9-21(14-18(17)2)32-16-19(3)25-24(27)6-5-11-26(33(4,28)29)20-8-10-22-23(15-20)31-13-12-30-22/h7-10,14-15,19H,5-6,11-13,16H2,1-4H3,(H,25,27)/t19-/m0/s1. The van der Waals surface area contributed by atoms with Gasteiger partial charge < -0.3 is 19.5 Å². The summed E-state index contributed by atoms with van der Waals surface area (Å²) in [5.74, 6) is 1.72. The van der Waals surface area contributed by atoms with E-state index < -0.39 is 10.0 Å². The molecule has 0 saturated heterocycles. The number of benzene rings is 2. The van der Waals surface area contributed by atoms with E-state index in [2.05, 4.69) is 5.32 Å². The molecule has 180 valence electrons. The van der Waals surface area contributed by atoms with Gasteiger partial charge in [0.2, 0.25) is 15.9 Å². The fraction of sp³-hybridized carbons (Fsp3) is 0.458. The third-order valence-electron chi connectivity index (χ3n) is 5.36. The van der Waals surface area contributed by atoms with Crippen LogP contribution in [0.1, 0.15) is 30.9 Å². The normalized spacial score (nSPS) is 13.8. The number of rotatable bonds is 10. The van der Waals surface area contributed by atoms with Gasteiger partial charge in [0.15, 0.2) is 11.5 Å². The number of hydrogen-bond acceptors (Lipinski definition) is 6. The van der Waals surface area contributed by atoms with E-state index in [0.717, 1.165) is 17.6 Å². The van der Waals surface area contributed by atoms with Crippen molar-refractivity contribution in [2.45, 2.75) is 39.7 Å². The van der Waals surface area contributed by atoms with E-state index >= 15 is 0 Å². The molecule has 0 aromatic heterocycles. The van der Waals surface area contributed by atoms with E-state index in [0.29, 0.717) is 43.4 Å². The van der Waals surface area contributed by atoms with Gasteiger partial charge in [0.1, 0.15) is 25.6 Å². The zero-order valence-electron chi connectivity index (χ0n) is 19.6. The van der Waals surface area contributed by atoms with Crippen molar-refractivity contribution in [3.8, 4) is 17.2 Å². The molecule has 1 amide bonds. The molecule has 33 heavy (non-hydrogen) atoms. The van der Waals surface area contributed by atoms with Crippen LogP contribution in [0.25, 0.3) is 0 Å². The number of aryl methyl sites for hydroxylation is 2. The number of fused-ring (bicyclic) bond motifs is 1. The second-order valence-corrected chi connectivity index (χ2v) is 10.2. The maximum atomic E-state index is 12.4. The van der Waals surface area contributed by atoms with E-state index in [1.54, 1.807) is 18.2 Å². The minimum Gasteiger partial charge on any atom is -0.491 e. The highest BCUT2D eigenvalue weighted by Gasteiger charge is 2.21. The second-order valence-electron chi connectivity index (χ2n) is 8.29. The summed E-state index contributed by atoms with van der Waals surface area (Å²) in [6.45, 7) is 7.35. The lowest BCUT2D eigenvalue weighted by atomic mass is 10.1. The monoisotopic (exact) mass is 476 g/mol. The highest BCUT2D eigenvalue weighted by molar-refractivity contribution is 7.92. The zero-order valence-corrected chi connectivity index (χ0v) is 20.4. The quantitative estimate of drug-likeness (QED) is 0.566. The Morgan fingerprint density at radius 2 is 1.82 bits per heavy atom. The van der Waals surface area contributed by atoms with Crippen LogP contribution in [0.3, 0.4) is 0 Å². The van der Waals surface area contributed by atoms with Crippen molar-refractivity contribution in [3.05, 3.63) is 47.5 Å². The van der Waals surface area contributed by atoms with Crippen molar-refractivity contribution >= 4 is 21.6 Å². The Labute approximate surface area is 195 Å². The fourth-order valence-corrected chi connectivity index (χ4v) is 4.43. The summed E-state index contributed by atoms with van der Waals surface area (Å²) in [6, 6.07) is 10.7. The molecule has 1 aliphatic heterocycles. The number of amides is 1. The van der Waals surface area contributed by atoms with Gasteiger partial charge in [-0.05, 0) is 62.6 Å². The van der Waals surface area contributed by atoms with Gasteiger partial charge in [0, 0.05) is 19.0 Å². The van der Waals surface area contributed by atoms with Crippen LogP contribution < -0.4 is 23.8 Å². The Kier molecular flexibility index (Phi) is 8.07. The van der Waals surface area contributed by atoms with E-state index in [9.17, 15) is 13.2 Å². The van der Waals surface area contributed by atoms with Crippen LogP contribution in [0.2, 0.25) is 0 Å². The molecule has 0 aliphatic carbocycles. The molecule has 1 atom stereocenters. The number of carbonyl (C=O) groups excluding carboxylic acids is 1. The average Bonchev–Trinajstić information content (AvgIpc) is 2.76. The molecule has 0 fully saturated rings. The Hall–Kier alpha value is -2.94. The van der Waals surface area contributed by atoms with Gasteiger partial charge in [-0.1, -0.05) is 6.07 Å². The molecule has 0 unspecified atom stereocenters. The highest BCUT2D eigenvalue weighted by atomic mass is 32.2. The van der Waals surface area contributed by atoms with Crippen LogP contribution in [-0.2, 0) is 14.8 Å². The van der Waals surface area contributed by atoms with Crippen molar-refractivity contribution in [3.63, 3.8) is 0 Å². The molecule has 0 spiro atoms. The number of ether oxygens (including phenoxy) is 3. The Balaban J connectivity index is 1.49. The maximum Gasteiger partial charge on any atom is 0.232 e. The molecule has 2 aromatic rings. The van der Waals surface area contributed by atoms with E-state index in [-0.39, 0.29) is 24.9 Å². The number of nitrogens with zero attached hydrogens (tertiary/aromatic N) is 1. The minimum atomic E-state index is -3.53. The molecular formula is C24H32N2O6S. The van der Waals surface area contributed by atoms with Gasteiger partial charge in [-0.25, -0.2) is 8.42 Å². The van der Waals surface area contributed by atoms with Crippen LogP contribution >= 0.6 is 0 Å². The fourth-order valence-electron chi connectivity index (χ4n) is 3.47. The SMILES string of the molecule is Cc1ccc(OC[C@H](C)NC(=O)CCCN(c2ccc3c(c2)OCCO3)S(C)(=O)=O)cc1C. The van der Waals surface area contributed by atoms with Crippen molar-refractivity contribution in [2.24, 2.45) is 0 Å². The molecule has 2 aromatic carbocycles. The summed E-state index contributed by atoms with van der Waals surface area (Å²) in [5, 5.41) is 2.90. The van der Waals surface area contributed by atoms with Crippen LogP contribution in [0.4, 0.5) is 5.69 Å². The molecule has 1 N–H and O–H groups in total. The van der Waals surface area contributed by atoms with Crippen LogP contribution in [-0.4, -0.2) is 53.0 Å². The molecule has 9 heteroatoms. The average molecular weight is 477 g/mol. The number of nitrogens with one attached hydrogen (secondary N) is 1. The number of anilines is 1. The van der Waals surface area contributed by atoms with Crippen molar-refractivity contribution < 1.29 is 27.4 Å². The van der Waals surface area contributed by atoms with Crippen LogP contribution in [0.15, 0.2) is 36.4 Å². The van der Waals surface area contributed by atoms with Crippen LogP contribution in [0.5, 0.6) is 17.2 Å². The topological polar surface area (TPSA) is 94.2 Å². The van der Waals surface area contributed by atoms with Crippen molar-refractivity contribution in [2.75, 3.05) is 36.9 Å². The Morgan fingerprint density at radius 1 is 1.09 bits per heavy atom. The molecule has 0 bridgehead atoms. The number of hydrogen-bond donors (Lipinski definition) is 1. The van der Waals surface area contributed by atoms with Gasteiger partial charge in [-0.3, -0.25) is 9.10 Å².